The summed E-state index contributed by atoms with van der Waals surface area (Å²) in [5.41, 5.74) is -2.08. The number of nitrogens with one attached hydrogen (secondary N) is 1. The number of hydrogen-bond acceptors (Lipinski definition) is 4. The van der Waals surface area contributed by atoms with Gasteiger partial charge in [0.2, 0.25) is 0 Å². The summed E-state index contributed by atoms with van der Waals surface area (Å²) in [6.07, 6.45) is -4.86. The number of carbonyl (C=O) groups is 2. The van der Waals surface area contributed by atoms with E-state index in [4.69, 9.17) is 40.1 Å². The molecule has 0 spiro atoms. The summed E-state index contributed by atoms with van der Waals surface area (Å²) >= 11 is 18.7. The Labute approximate surface area is 231 Å². The Kier molecular flexibility index (Phi) is 7.28. The lowest BCUT2D eigenvalue weighted by atomic mass is 10.0. The minimum atomic E-state index is -4.86. The van der Waals surface area contributed by atoms with Gasteiger partial charge in [-0.05, 0) is 68.4 Å². The largest absolute Gasteiger partial charge is 0.417 e. The van der Waals surface area contributed by atoms with Gasteiger partial charge in [-0.2, -0.15) is 18.4 Å². The number of nitriles is 1. The van der Waals surface area contributed by atoms with Gasteiger partial charge in [0.05, 0.1) is 29.4 Å². The molecule has 0 unspecified atom stereocenters. The third-order valence-electron chi connectivity index (χ3n) is 6.11. The van der Waals surface area contributed by atoms with E-state index in [0.29, 0.717) is 37.9 Å². The SMILES string of the molecule is CC1(C)C(=O)N(c2ccc(C#N)c(C(F)(F)F)c2)C(=O)N1Cc1c(Cl)cc(Cl)cc1Nc1ccc(Cl)cc1. The first-order chi connectivity index (χ1) is 17.7. The van der Waals surface area contributed by atoms with Gasteiger partial charge in [-0.25, -0.2) is 9.69 Å². The lowest BCUT2D eigenvalue weighted by molar-refractivity contribution is -0.137. The monoisotopic (exact) mass is 580 g/mol. The molecule has 0 aromatic heterocycles. The van der Waals surface area contributed by atoms with Crippen molar-refractivity contribution in [1.82, 2.24) is 4.90 Å². The van der Waals surface area contributed by atoms with Gasteiger partial charge in [-0.15, -0.1) is 0 Å². The zero-order valence-electron chi connectivity index (χ0n) is 19.8. The molecule has 1 saturated heterocycles. The van der Waals surface area contributed by atoms with Gasteiger partial charge in [0.15, 0.2) is 0 Å². The van der Waals surface area contributed by atoms with Crippen molar-refractivity contribution in [1.29, 1.82) is 5.26 Å². The van der Waals surface area contributed by atoms with E-state index in [1.807, 2.05) is 0 Å². The van der Waals surface area contributed by atoms with E-state index in [-0.39, 0.29) is 17.3 Å². The fraction of sp³-hybridized carbons (Fsp3) is 0.192. The third-order valence-corrected chi connectivity index (χ3v) is 6.92. The van der Waals surface area contributed by atoms with Crippen molar-refractivity contribution in [2.75, 3.05) is 10.2 Å². The second-order valence-electron chi connectivity index (χ2n) is 8.95. The molecule has 12 heteroatoms. The summed E-state index contributed by atoms with van der Waals surface area (Å²) in [5.74, 6) is -0.738. The first-order valence-electron chi connectivity index (χ1n) is 11.0. The third kappa shape index (κ3) is 5.12. The van der Waals surface area contributed by atoms with Crippen LogP contribution >= 0.6 is 34.8 Å². The first kappa shape index (κ1) is 27.6. The van der Waals surface area contributed by atoms with Crippen LogP contribution in [-0.2, 0) is 17.5 Å². The van der Waals surface area contributed by atoms with Crippen molar-refractivity contribution < 1.29 is 22.8 Å². The lowest BCUT2D eigenvalue weighted by Gasteiger charge is -2.29. The van der Waals surface area contributed by atoms with Crippen LogP contribution in [0.15, 0.2) is 54.6 Å². The molecule has 0 radical (unpaired) electrons. The Hall–Kier alpha value is -3.45. The van der Waals surface area contributed by atoms with E-state index < -0.39 is 34.8 Å². The zero-order chi connectivity index (χ0) is 28.0. The number of amides is 3. The molecule has 3 amide bonds. The van der Waals surface area contributed by atoms with Crippen molar-refractivity contribution in [2.45, 2.75) is 32.1 Å². The van der Waals surface area contributed by atoms with Crippen molar-refractivity contribution >= 4 is 63.8 Å². The average Bonchev–Trinajstić information content (AvgIpc) is 3.00. The molecule has 1 fully saturated rings. The molecule has 1 N–H and O–H groups in total. The number of nitrogens with zero attached hydrogens (tertiary/aromatic N) is 3. The number of carbonyl (C=O) groups excluding carboxylic acids is 2. The molecule has 0 atom stereocenters. The maximum Gasteiger partial charge on any atom is 0.417 e. The number of alkyl halides is 3. The second-order valence-corrected chi connectivity index (χ2v) is 10.2. The minimum absolute atomic E-state index is 0.164. The maximum atomic E-state index is 13.5. The van der Waals surface area contributed by atoms with Crippen LogP contribution in [0, 0.1) is 11.3 Å². The van der Waals surface area contributed by atoms with Gasteiger partial charge in [-0.3, -0.25) is 4.79 Å². The molecule has 196 valence electrons. The van der Waals surface area contributed by atoms with Crippen molar-refractivity contribution in [2.24, 2.45) is 0 Å². The van der Waals surface area contributed by atoms with E-state index in [1.165, 1.54) is 30.9 Å². The highest BCUT2D eigenvalue weighted by molar-refractivity contribution is 6.35. The van der Waals surface area contributed by atoms with Crippen LogP contribution in [-0.4, -0.2) is 22.4 Å². The number of urea groups is 1. The van der Waals surface area contributed by atoms with Crippen LogP contribution in [0.3, 0.4) is 0 Å². The molecule has 1 aliphatic heterocycles. The zero-order valence-corrected chi connectivity index (χ0v) is 22.1. The standard InChI is InChI=1S/C26H18Cl3F3N4O2/c1-25(2)23(37)36(18-8-3-14(12-33)20(11-18)26(30,31)32)24(38)35(25)13-19-21(29)9-16(28)10-22(19)34-17-6-4-15(27)5-7-17/h3-11,34H,13H2,1-2H3. The van der Waals surface area contributed by atoms with E-state index in [0.717, 1.165) is 12.1 Å². The molecule has 3 aromatic carbocycles. The molecule has 38 heavy (non-hydrogen) atoms. The molecule has 0 aliphatic carbocycles. The first-order valence-corrected chi connectivity index (χ1v) is 12.2. The molecular formula is C26H18Cl3F3N4O2. The van der Waals surface area contributed by atoms with E-state index >= 15 is 0 Å². The number of imide groups is 1. The Balaban J connectivity index is 1.73. The Morgan fingerprint density at radius 1 is 0.974 bits per heavy atom. The topological polar surface area (TPSA) is 76.4 Å². The average molecular weight is 582 g/mol. The summed E-state index contributed by atoms with van der Waals surface area (Å²) in [6.45, 7) is 2.80. The summed E-state index contributed by atoms with van der Waals surface area (Å²) in [6, 6.07) is 13.2. The van der Waals surface area contributed by atoms with E-state index in [2.05, 4.69) is 5.32 Å². The van der Waals surface area contributed by atoms with Gasteiger partial charge in [0.25, 0.3) is 5.91 Å². The predicted octanol–water partition coefficient (Wildman–Crippen LogP) is 8.03. The normalized spacial score (nSPS) is 15.1. The van der Waals surface area contributed by atoms with Gasteiger partial charge in [0.1, 0.15) is 5.54 Å². The van der Waals surface area contributed by atoms with Crippen molar-refractivity contribution in [3.8, 4) is 6.07 Å². The Morgan fingerprint density at radius 3 is 2.24 bits per heavy atom. The molecule has 1 heterocycles. The van der Waals surface area contributed by atoms with Gasteiger partial charge in [0, 0.05) is 32.0 Å². The minimum Gasteiger partial charge on any atom is -0.355 e. The van der Waals surface area contributed by atoms with Crippen LogP contribution in [0.4, 0.5) is 35.0 Å². The fourth-order valence-corrected chi connectivity index (χ4v) is 4.73. The van der Waals surface area contributed by atoms with Crippen LogP contribution in [0.5, 0.6) is 0 Å². The number of rotatable bonds is 5. The molecule has 3 aromatic rings. The quantitative estimate of drug-likeness (QED) is 0.310. The van der Waals surface area contributed by atoms with Crippen LogP contribution in [0.25, 0.3) is 0 Å². The highest BCUT2D eigenvalue weighted by atomic mass is 35.5. The Morgan fingerprint density at radius 2 is 1.63 bits per heavy atom. The molecular weight excluding hydrogens is 564 g/mol. The summed E-state index contributed by atoms with van der Waals surface area (Å²) < 4.78 is 40.6. The van der Waals surface area contributed by atoms with Crippen molar-refractivity contribution in [3.05, 3.63) is 86.4 Å². The number of anilines is 3. The van der Waals surface area contributed by atoms with Gasteiger partial charge < -0.3 is 10.2 Å². The number of hydrogen-bond donors (Lipinski definition) is 1. The Bertz CT molecular complexity index is 1480. The lowest BCUT2D eigenvalue weighted by Crippen LogP contribution is -2.43. The second kappa shape index (κ2) is 10.0. The highest BCUT2D eigenvalue weighted by Crippen LogP contribution is 2.40. The summed E-state index contributed by atoms with van der Waals surface area (Å²) in [4.78, 5) is 28.7. The molecule has 0 bridgehead atoms. The molecule has 6 nitrogen and oxygen atoms in total. The van der Waals surface area contributed by atoms with Gasteiger partial charge >= 0.3 is 12.2 Å². The van der Waals surface area contributed by atoms with Crippen LogP contribution < -0.4 is 10.2 Å². The van der Waals surface area contributed by atoms with E-state index in [9.17, 15) is 22.8 Å². The van der Waals surface area contributed by atoms with Gasteiger partial charge in [-0.1, -0.05) is 34.8 Å². The van der Waals surface area contributed by atoms with Crippen LogP contribution in [0.2, 0.25) is 15.1 Å². The molecule has 4 rings (SSSR count). The molecule has 1 aliphatic rings. The predicted molar refractivity (Wildman–Crippen MR) is 140 cm³/mol. The number of halogens is 6. The number of benzene rings is 3. The maximum absolute atomic E-state index is 13.5. The molecule has 0 saturated carbocycles. The van der Waals surface area contributed by atoms with Crippen molar-refractivity contribution in [3.63, 3.8) is 0 Å². The highest BCUT2D eigenvalue weighted by Gasteiger charge is 2.52. The van der Waals surface area contributed by atoms with Crippen LogP contribution in [0.1, 0.15) is 30.5 Å². The smallest absolute Gasteiger partial charge is 0.355 e. The summed E-state index contributed by atoms with van der Waals surface area (Å²) in [7, 11) is 0. The summed E-state index contributed by atoms with van der Waals surface area (Å²) in [5, 5.41) is 13.3. The fourth-order valence-electron chi connectivity index (χ4n) is 4.05. The van der Waals surface area contributed by atoms with E-state index in [1.54, 1.807) is 30.3 Å².